The van der Waals surface area contributed by atoms with Crippen LogP contribution >= 0.6 is 0 Å². The number of ether oxygens (including phenoxy) is 1. The molecule has 0 aromatic heterocycles. The maximum Gasteiger partial charge on any atom is 0.120 e. The van der Waals surface area contributed by atoms with E-state index in [4.69, 9.17) is 4.74 Å². The summed E-state index contributed by atoms with van der Waals surface area (Å²) in [6.07, 6.45) is 0. The Morgan fingerprint density at radius 2 is 2.07 bits per heavy atom. The highest BCUT2D eigenvalue weighted by molar-refractivity contribution is 5.16. The Hall–Kier alpha value is -0.900. The van der Waals surface area contributed by atoms with E-state index in [9.17, 15) is 0 Å². The van der Waals surface area contributed by atoms with Crippen LogP contribution in [-0.4, -0.2) is 36.9 Å². The Bertz CT molecular complexity index is 335. The van der Waals surface area contributed by atoms with Crippen molar-refractivity contribution in [2.24, 2.45) is 0 Å². The van der Waals surface area contributed by atoms with Crippen LogP contribution in [0.4, 0.5) is 0 Å². The van der Waals surface area contributed by atoms with Crippen LogP contribution in [0, 0.1) is 0 Å². The van der Waals surface area contributed by atoms with Gasteiger partial charge in [-0.1, -0.05) is 30.3 Å². The van der Waals surface area contributed by atoms with E-state index in [2.05, 4.69) is 40.5 Å². The van der Waals surface area contributed by atoms with Gasteiger partial charge in [-0.3, -0.25) is 10.2 Å². The zero-order chi connectivity index (χ0) is 10.1. The van der Waals surface area contributed by atoms with E-state index in [0.29, 0.717) is 0 Å². The van der Waals surface area contributed by atoms with Gasteiger partial charge in [0, 0.05) is 19.6 Å². The molecule has 0 radical (unpaired) electrons. The average molecular weight is 204 g/mol. The van der Waals surface area contributed by atoms with Crippen molar-refractivity contribution in [3.8, 4) is 0 Å². The molecular weight excluding hydrogens is 188 g/mol. The molecule has 0 aliphatic carbocycles. The number of benzene rings is 1. The molecule has 0 atom stereocenters. The SMILES string of the molecule is c1ccc(CN2CCNC23COC3)cc1. The van der Waals surface area contributed by atoms with Gasteiger partial charge in [0.15, 0.2) is 0 Å². The lowest BCUT2D eigenvalue weighted by Crippen LogP contribution is -2.65. The van der Waals surface area contributed by atoms with Crippen LogP contribution in [0.3, 0.4) is 0 Å². The molecule has 3 rings (SSSR count). The van der Waals surface area contributed by atoms with Crippen molar-refractivity contribution < 1.29 is 4.74 Å². The van der Waals surface area contributed by atoms with Gasteiger partial charge in [0.1, 0.15) is 5.66 Å². The first-order valence-corrected chi connectivity index (χ1v) is 5.51. The number of nitrogens with one attached hydrogen (secondary N) is 1. The van der Waals surface area contributed by atoms with Crippen LogP contribution in [0.25, 0.3) is 0 Å². The second kappa shape index (κ2) is 3.59. The van der Waals surface area contributed by atoms with Gasteiger partial charge in [-0.25, -0.2) is 0 Å². The summed E-state index contributed by atoms with van der Waals surface area (Å²) in [6, 6.07) is 10.6. The summed E-state index contributed by atoms with van der Waals surface area (Å²) in [5.41, 5.74) is 1.53. The molecule has 0 unspecified atom stereocenters. The number of rotatable bonds is 2. The molecule has 2 heterocycles. The second-order valence-corrected chi connectivity index (χ2v) is 4.36. The molecule has 0 bridgehead atoms. The Morgan fingerprint density at radius 3 is 2.73 bits per heavy atom. The van der Waals surface area contributed by atoms with Crippen LogP contribution in [0.5, 0.6) is 0 Å². The van der Waals surface area contributed by atoms with E-state index in [1.807, 2.05) is 0 Å². The van der Waals surface area contributed by atoms with Gasteiger partial charge in [-0.2, -0.15) is 0 Å². The van der Waals surface area contributed by atoms with E-state index in [0.717, 1.165) is 32.8 Å². The lowest BCUT2D eigenvalue weighted by Gasteiger charge is -2.44. The van der Waals surface area contributed by atoms with Crippen molar-refractivity contribution in [2.45, 2.75) is 12.2 Å². The molecule has 2 fully saturated rings. The Balaban J connectivity index is 1.73. The van der Waals surface area contributed by atoms with Crippen molar-refractivity contribution >= 4 is 0 Å². The molecule has 15 heavy (non-hydrogen) atoms. The average Bonchev–Trinajstić information content (AvgIpc) is 2.62. The first-order valence-electron chi connectivity index (χ1n) is 5.51. The van der Waals surface area contributed by atoms with Gasteiger partial charge in [0.2, 0.25) is 0 Å². The molecule has 2 saturated heterocycles. The van der Waals surface area contributed by atoms with Crippen molar-refractivity contribution in [1.82, 2.24) is 10.2 Å². The molecule has 2 aliphatic heterocycles. The third kappa shape index (κ3) is 1.57. The van der Waals surface area contributed by atoms with Gasteiger partial charge in [0.25, 0.3) is 0 Å². The predicted octanol–water partition coefficient (Wildman–Crippen LogP) is 0.818. The largest absolute Gasteiger partial charge is 0.375 e. The maximum absolute atomic E-state index is 5.32. The Morgan fingerprint density at radius 1 is 1.27 bits per heavy atom. The van der Waals surface area contributed by atoms with E-state index >= 15 is 0 Å². The minimum Gasteiger partial charge on any atom is -0.375 e. The third-order valence-corrected chi connectivity index (χ3v) is 3.34. The molecular formula is C12H16N2O. The molecule has 1 aromatic carbocycles. The molecule has 3 heteroatoms. The lowest BCUT2D eigenvalue weighted by atomic mass is 10.1. The maximum atomic E-state index is 5.32. The van der Waals surface area contributed by atoms with Crippen LogP contribution in [-0.2, 0) is 11.3 Å². The smallest absolute Gasteiger partial charge is 0.120 e. The molecule has 2 aliphatic rings. The molecule has 0 amide bonds. The standard InChI is InChI=1S/C12H16N2O/c1-2-4-11(5-3-1)8-14-7-6-13-12(14)9-15-10-12/h1-5,13H,6-10H2. The normalized spacial score (nSPS) is 24.3. The van der Waals surface area contributed by atoms with Crippen LogP contribution in [0.1, 0.15) is 5.56 Å². The monoisotopic (exact) mass is 204 g/mol. The quantitative estimate of drug-likeness (QED) is 0.772. The highest BCUT2D eigenvalue weighted by Crippen LogP contribution is 2.27. The molecule has 1 aromatic rings. The fraction of sp³-hybridized carbons (Fsp3) is 0.500. The van der Waals surface area contributed by atoms with Gasteiger partial charge in [-0.05, 0) is 5.56 Å². The molecule has 0 saturated carbocycles. The van der Waals surface area contributed by atoms with Crippen molar-refractivity contribution in [3.05, 3.63) is 35.9 Å². The highest BCUT2D eigenvalue weighted by Gasteiger charge is 2.46. The van der Waals surface area contributed by atoms with Crippen molar-refractivity contribution in [1.29, 1.82) is 0 Å². The van der Waals surface area contributed by atoms with Crippen molar-refractivity contribution in [2.75, 3.05) is 26.3 Å². The fourth-order valence-electron chi connectivity index (χ4n) is 2.36. The summed E-state index contributed by atoms with van der Waals surface area (Å²) in [6.45, 7) is 4.89. The zero-order valence-electron chi connectivity index (χ0n) is 8.78. The first-order chi connectivity index (χ1) is 7.39. The summed E-state index contributed by atoms with van der Waals surface area (Å²) < 4.78 is 5.32. The summed E-state index contributed by atoms with van der Waals surface area (Å²) >= 11 is 0. The van der Waals surface area contributed by atoms with Gasteiger partial charge in [0.05, 0.1) is 13.2 Å². The van der Waals surface area contributed by atoms with Gasteiger partial charge < -0.3 is 4.74 Å². The van der Waals surface area contributed by atoms with E-state index < -0.39 is 0 Å². The fourth-order valence-corrected chi connectivity index (χ4v) is 2.36. The lowest BCUT2D eigenvalue weighted by molar-refractivity contribution is -0.137. The van der Waals surface area contributed by atoms with Crippen LogP contribution in [0.15, 0.2) is 30.3 Å². The van der Waals surface area contributed by atoms with Gasteiger partial charge in [-0.15, -0.1) is 0 Å². The molecule has 3 nitrogen and oxygen atoms in total. The minimum absolute atomic E-state index is 0.149. The Labute approximate surface area is 90.0 Å². The number of nitrogens with zero attached hydrogens (tertiary/aromatic N) is 1. The van der Waals surface area contributed by atoms with Gasteiger partial charge >= 0.3 is 0 Å². The minimum atomic E-state index is 0.149. The van der Waals surface area contributed by atoms with Crippen LogP contribution < -0.4 is 5.32 Å². The summed E-state index contributed by atoms with van der Waals surface area (Å²) in [5, 5.41) is 3.54. The highest BCUT2D eigenvalue weighted by atomic mass is 16.5. The number of hydrogen-bond acceptors (Lipinski definition) is 3. The molecule has 1 N–H and O–H groups in total. The third-order valence-electron chi connectivity index (χ3n) is 3.34. The summed E-state index contributed by atoms with van der Waals surface area (Å²) in [5.74, 6) is 0. The summed E-state index contributed by atoms with van der Waals surface area (Å²) in [4.78, 5) is 2.49. The van der Waals surface area contributed by atoms with E-state index in [1.165, 1.54) is 5.56 Å². The van der Waals surface area contributed by atoms with Crippen molar-refractivity contribution in [3.63, 3.8) is 0 Å². The zero-order valence-corrected chi connectivity index (χ0v) is 8.78. The predicted molar refractivity (Wildman–Crippen MR) is 58.4 cm³/mol. The van der Waals surface area contributed by atoms with E-state index in [-0.39, 0.29) is 5.66 Å². The molecule has 80 valence electrons. The number of hydrogen-bond donors (Lipinski definition) is 1. The summed E-state index contributed by atoms with van der Waals surface area (Å²) in [7, 11) is 0. The van der Waals surface area contributed by atoms with E-state index in [1.54, 1.807) is 0 Å². The van der Waals surface area contributed by atoms with Crippen LogP contribution in [0.2, 0.25) is 0 Å². The molecule has 1 spiro atoms. The second-order valence-electron chi connectivity index (χ2n) is 4.36. The Kier molecular flexibility index (Phi) is 2.24. The topological polar surface area (TPSA) is 24.5 Å². The first kappa shape index (κ1) is 9.33.